The van der Waals surface area contributed by atoms with Crippen LogP contribution in [0, 0.1) is 29.6 Å². The smallest absolute Gasteiger partial charge is 0.267 e. The monoisotopic (exact) mass is 277 g/mol. The molecule has 2 rings (SSSR count). The van der Waals surface area contributed by atoms with Crippen molar-refractivity contribution in [1.29, 1.82) is 10.5 Å². The molecule has 6 nitrogen and oxygen atoms in total. The van der Waals surface area contributed by atoms with E-state index in [1.807, 2.05) is 24.3 Å². The molecular weight excluding hydrogens is 266 g/mol. The Bertz CT molecular complexity index is 803. The molecule has 0 aliphatic carbocycles. The molecule has 0 fully saturated rings. The average molecular weight is 277 g/mol. The van der Waals surface area contributed by atoms with Crippen LogP contribution in [0.3, 0.4) is 0 Å². The molecule has 2 aromatic rings. The van der Waals surface area contributed by atoms with E-state index < -0.39 is 0 Å². The summed E-state index contributed by atoms with van der Waals surface area (Å²) in [6.45, 7) is 1.99. The van der Waals surface area contributed by atoms with Crippen molar-refractivity contribution in [3.05, 3.63) is 51.8 Å². The number of aliphatic imine (C=N–C) groups is 1. The fraction of sp³-hybridized carbons (Fsp3) is 0.133. The van der Waals surface area contributed by atoms with Crippen LogP contribution < -0.4 is 5.56 Å². The van der Waals surface area contributed by atoms with Gasteiger partial charge < -0.3 is 0 Å². The first-order valence-corrected chi connectivity index (χ1v) is 6.14. The third-order valence-corrected chi connectivity index (χ3v) is 2.87. The van der Waals surface area contributed by atoms with E-state index in [2.05, 4.69) is 15.2 Å². The zero-order valence-electron chi connectivity index (χ0n) is 11.3. The zero-order chi connectivity index (χ0) is 15.2. The fourth-order valence-electron chi connectivity index (χ4n) is 1.70. The maximum atomic E-state index is 11.3. The first-order valence-electron chi connectivity index (χ1n) is 6.14. The molecule has 0 spiro atoms. The highest BCUT2D eigenvalue weighted by atomic mass is 16.1. The summed E-state index contributed by atoms with van der Waals surface area (Å²) in [6, 6.07) is 12.5. The minimum Gasteiger partial charge on any atom is -0.268 e. The zero-order valence-corrected chi connectivity index (χ0v) is 11.3. The summed E-state index contributed by atoms with van der Waals surface area (Å²) in [7, 11) is 0. The van der Waals surface area contributed by atoms with E-state index in [0.29, 0.717) is 11.3 Å². The van der Waals surface area contributed by atoms with Crippen LogP contribution in [-0.4, -0.2) is 15.9 Å². The van der Waals surface area contributed by atoms with Gasteiger partial charge in [-0.2, -0.15) is 15.6 Å². The second-order valence-electron chi connectivity index (χ2n) is 4.35. The number of benzene rings is 1. The minimum atomic E-state index is -0.203. The predicted octanol–water partition coefficient (Wildman–Crippen LogP) is 1.73. The van der Waals surface area contributed by atoms with Crippen LogP contribution in [0.1, 0.15) is 11.1 Å². The quantitative estimate of drug-likeness (QED) is 0.862. The molecule has 0 aliphatic rings. The summed E-state index contributed by atoms with van der Waals surface area (Å²) >= 11 is 0. The van der Waals surface area contributed by atoms with Crippen molar-refractivity contribution in [2.24, 2.45) is 4.99 Å². The molecule has 0 aliphatic heterocycles. The SMILES string of the molecule is Cc1cc(-c2ccc(CN=C(C#N)C#N)cc2)n[nH]c1=O. The second kappa shape index (κ2) is 6.27. The van der Waals surface area contributed by atoms with Gasteiger partial charge in [-0.15, -0.1) is 0 Å². The number of nitrogens with one attached hydrogen (secondary N) is 1. The van der Waals surface area contributed by atoms with Crippen molar-refractivity contribution in [2.45, 2.75) is 13.5 Å². The normalized spacial score (nSPS) is 9.48. The molecular formula is C15H11N5O. The molecule has 6 heteroatoms. The number of hydrogen-bond acceptors (Lipinski definition) is 5. The van der Waals surface area contributed by atoms with Crippen LogP contribution in [0.2, 0.25) is 0 Å². The van der Waals surface area contributed by atoms with Crippen molar-refractivity contribution in [1.82, 2.24) is 10.2 Å². The third kappa shape index (κ3) is 3.40. The van der Waals surface area contributed by atoms with Gasteiger partial charge in [-0.1, -0.05) is 24.3 Å². The van der Waals surface area contributed by atoms with Gasteiger partial charge in [-0.25, -0.2) is 5.10 Å². The van der Waals surface area contributed by atoms with Gasteiger partial charge in [0.2, 0.25) is 5.71 Å². The van der Waals surface area contributed by atoms with Crippen molar-refractivity contribution < 1.29 is 0 Å². The number of aromatic nitrogens is 2. The molecule has 1 aromatic carbocycles. The third-order valence-electron chi connectivity index (χ3n) is 2.87. The fourth-order valence-corrected chi connectivity index (χ4v) is 1.70. The van der Waals surface area contributed by atoms with Gasteiger partial charge in [0.25, 0.3) is 5.56 Å². The van der Waals surface area contributed by atoms with E-state index in [4.69, 9.17) is 10.5 Å². The minimum absolute atomic E-state index is 0.142. The highest BCUT2D eigenvalue weighted by Gasteiger charge is 2.02. The van der Waals surface area contributed by atoms with E-state index in [1.165, 1.54) is 0 Å². The van der Waals surface area contributed by atoms with Crippen LogP contribution in [-0.2, 0) is 6.54 Å². The van der Waals surface area contributed by atoms with Gasteiger partial charge in [0.15, 0.2) is 0 Å². The highest BCUT2D eigenvalue weighted by Crippen LogP contribution is 2.17. The molecule has 0 bridgehead atoms. The van der Waals surface area contributed by atoms with Crippen LogP contribution in [0.25, 0.3) is 11.3 Å². The predicted molar refractivity (Wildman–Crippen MR) is 77.4 cm³/mol. The van der Waals surface area contributed by atoms with Gasteiger partial charge in [-0.3, -0.25) is 9.79 Å². The van der Waals surface area contributed by atoms with Crippen LogP contribution in [0.15, 0.2) is 40.1 Å². The average Bonchev–Trinajstić information content (AvgIpc) is 2.52. The summed E-state index contributed by atoms with van der Waals surface area (Å²) in [4.78, 5) is 15.2. The Labute approximate surface area is 121 Å². The lowest BCUT2D eigenvalue weighted by molar-refractivity contribution is 0.975. The maximum Gasteiger partial charge on any atom is 0.267 e. The molecule has 21 heavy (non-hydrogen) atoms. The Morgan fingerprint density at radius 3 is 2.52 bits per heavy atom. The lowest BCUT2D eigenvalue weighted by Crippen LogP contribution is -2.11. The molecule has 0 amide bonds. The summed E-state index contributed by atoms with van der Waals surface area (Å²) in [5.41, 5.74) is 2.67. The molecule has 1 aromatic heterocycles. The number of nitrogens with zero attached hydrogens (tertiary/aromatic N) is 4. The van der Waals surface area contributed by atoms with E-state index >= 15 is 0 Å². The highest BCUT2D eigenvalue weighted by molar-refractivity contribution is 6.10. The van der Waals surface area contributed by atoms with Crippen LogP contribution in [0.4, 0.5) is 0 Å². The Morgan fingerprint density at radius 2 is 1.95 bits per heavy atom. The maximum absolute atomic E-state index is 11.3. The standard InChI is InChI=1S/C15H11N5O/c1-10-6-14(19-20-15(10)21)12-4-2-11(3-5-12)9-18-13(7-16)8-17/h2-6H,9H2,1H3,(H,20,21). The lowest BCUT2D eigenvalue weighted by atomic mass is 10.1. The Balaban J connectivity index is 2.21. The van der Waals surface area contributed by atoms with E-state index in [9.17, 15) is 4.79 Å². The first kappa shape index (κ1) is 14.2. The molecule has 0 atom stereocenters. The van der Waals surface area contributed by atoms with E-state index in [1.54, 1.807) is 25.1 Å². The number of aromatic amines is 1. The number of H-pyrrole nitrogens is 1. The molecule has 0 unspecified atom stereocenters. The largest absolute Gasteiger partial charge is 0.268 e. The van der Waals surface area contributed by atoms with Gasteiger partial charge >= 0.3 is 0 Å². The molecule has 0 saturated carbocycles. The van der Waals surface area contributed by atoms with Crippen molar-refractivity contribution >= 4 is 5.71 Å². The molecule has 1 N–H and O–H groups in total. The molecule has 0 radical (unpaired) electrons. The van der Waals surface area contributed by atoms with E-state index in [0.717, 1.165) is 11.1 Å². The Kier molecular flexibility index (Phi) is 4.23. The number of nitriles is 2. The van der Waals surface area contributed by atoms with Gasteiger partial charge in [0.1, 0.15) is 12.1 Å². The summed E-state index contributed by atoms with van der Waals surface area (Å²) in [5, 5.41) is 23.6. The summed E-state index contributed by atoms with van der Waals surface area (Å²) in [6.07, 6.45) is 0. The number of aryl methyl sites for hydroxylation is 1. The molecule has 102 valence electrons. The first-order chi connectivity index (χ1) is 10.1. The van der Waals surface area contributed by atoms with Crippen molar-refractivity contribution in [3.8, 4) is 23.4 Å². The lowest BCUT2D eigenvalue weighted by Gasteiger charge is -2.02. The van der Waals surface area contributed by atoms with Crippen molar-refractivity contribution in [3.63, 3.8) is 0 Å². The number of rotatable bonds is 3. The summed E-state index contributed by atoms with van der Waals surface area (Å²) in [5.74, 6) is 0. The van der Waals surface area contributed by atoms with Crippen LogP contribution >= 0.6 is 0 Å². The van der Waals surface area contributed by atoms with Gasteiger partial charge in [-0.05, 0) is 18.6 Å². The van der Waals surface area contributed by atoms with E-state index in [-0.39, 0.29) is 17.8 Å². The Morgan fingerprint density at radius 1 is 1.29 bits per heavy atom. The molecule has 1 heterocycles. The number of hydrogen-bond donors (Lipinski definition) is 1. The summed E-state index contributed by atoms with van der Waals surface area (Å²) < 4.78 is 0. The van der Waals surface area contributed by atoms with Crippen molar-refractivity contribution in [2.75, 3.05) is 0 Å². The van der Waals surface area contributed by atoms with Gasteiger partial charge in [0, 0.05) is 11.1 Å². The topological polar surface area (TPSA) is 106 Å². The Hall–Kier alpha value is -3.25. The second-order valence-corrected chi connectivity index (χ2v) is 4.35. The molecule has 0 saturated heterocycles. The van der Waals surface area contributed by atoms with Crippen LogP contribution in [0.5, 0.6) is 0 Å². The van der Waals surface area contributed by atoms with Gasteiger partial charge in [0.05, 0.1) is 12.2 Å².